The molecule has 7 heteroatoms. The number of nitrogens with zero attached hydrogens (tertiary/aromatic N) is 1. The van der Waals surface area contributed by atoms with E-state index in [2.05, 4.69) is 18.3 Å². The van der Waals surface area contributed by atoms with Crippen LogP contribution in [0.25, 0.3) is 0 Å². The van der Waals surface area contributed by atoms with Gasteiger partial charge in [0.2, 0.25) is 0 Å². The Morgan fingerprint density at radius 2 is 2.33 bits per heavy atom. The lowest BCUT2D eigenvalue weighted by atomic mass is 10.2. The number of amides is 2. The van der Waals surface area contributed by atoms with Crippen molar-refractivity contribution in [1.82, 2.24) is 10.2 Å². The summed E-state index contributed by atoms with van der Waals surface area (Å²) in [7, 11) is 0. The minimum atomic E-state index is -0.855. The highest BCUT2D eigenvalue weighted by Crippen LogP contribution is 2.20. The Hall–Kier alpha value is -1.21. The first-order valence-corrected chi connectivity index (χ1v) is 9.04. The molecule has 0 radical (unpaired) electrons. The molecule has 1 aliphatic heterocycles. The zero-order valence-corrected chi connectivity index (χ0v) is 13.6. The van der Waals surface area contributed by atoms with Crippen molar-refractivity contribution in [3.8, 4) is 0 Å². The van der Waals surface area contributed by atoms with Crippen molar-refractivity contribution < 1.29 is 14.7 Å². The van der Waals surface area contributed by atoms with Crippen molar-refractivity contribution in [3.05, 3.63) is 21.9 Å². The Morgan fingerprint density at radius 3 is 3.05 bits per heavy atom. The van der Waals surface area contributed by atoms with Gasteiger partial charge in [0.25, 0.3) is 0 Å². The van der Waals surface area contributed by atoms with E-state index in [-0.39, 0.29) is 18.5 Å². The van der Waals surface area contributed by atoms with Gasteiger partial charge in [-0.05, 0) is 23.4 Å². The number of rotatable bonds is 5. The smallest absolute Gasteiger partial charge is 0.318 e. The zero-order valence-electron chi connectivity index (χ0n) is 12.0. The first-order chi connectivity index (χ1) is 10.1. The number of carbonyl (C=O) groups is 2. The average molecular weight is 328 g/mol. The summed E-state index contributed by atoms with van der Waals surface area (Å²) in [4.78, 5) is 26.0. The van der Waals surface area contributed by atoms with Crippen LogP contribution in [0.3, 0.4) is 0 Å². The normalized spacial score (nSPS) is 18.5. The molecule has 0 bridgehead atoms. The molecule has 0 saturated carbocycles. The van der Waals surface area contributed by atoms with E-state index in [9.17, 15) is 9.59 Å². The minimum absolute atomic E-state index is 0.0135. The summed E-state index contributed by atoms with van der Waals surface area (Å²) in [6.45, 7) is 3.22. The maximum Gasteiger partial charge on any atom is 0.318 e. The van der Waals surface area contributed by atoms with Gasteiger partial charge in [-0.15, -0.1) is 11.3 Å². The number of thiophene rings is 1. The van der Waals surface area contributed by atoms with E-state index >= 15 is 0 Å². The third kappa shape index (κ3) is 4.38. The van der Waals surface area contributed by atoms with Crippen LogP contribution in [0.4, 0.5) is 4.79 Å². The summed E-state index contributed by atoms with van der Waals surface area (Å²) in [5.41, 5.74) is 1.26. The Bertz CT molecular complexity index is 504. The standard InChI is InChI=1S/C14H20N2O3S2/c1-2-10-3-5-21-12(10)8-15-14(19)16-4-6-20-9-11(16)7-13(17)18/h3,5,11H,2,4,6-9H2,1H3,(H,15,19)(H,17,18). The number of aryl methyl sites for hydroxylation is 1. The number of carboxylic acid groups (broad SMARTS) is 1. The van der Waals surface area contributed by atoms with Gasteiger partial charge in [0.05, 0.1) is 19.0 Å². The van der Waals surface area contributed by atoms with E-state index in [1.807, 2.05) is 5.38 Å². The van der Waals surface area contributed by atoms with Crippen molar-refractivity contribution in [1.29, 1.82) is 0 Å². The average Bonchev–Trinajstić information content (AvgIpc) is 2.92. The largest absolute Gasteiger partial charge is 0.481 e. The van der Waals surface area contributed by atoms with Crippen molar-refractivity contribution >= 4 is 35.1 Å². The second kappa shape index (κ2) is 7.70. The van der Waals surface area contributed by atoms with Crippen LogP contribution in [-0.4, -0.2) is 46.1 Å². The molecule has 1 aliphatic rings. The monoisotopic (exact) mass is 328 g/mol. The molecule has 1 aromatic rings. The molecule has 2 amide bonds. The van der Waals surface area contributed by atoms with Crippen LogP contribution in [0.2, 0.25) is 0 Å². The molecule has 1 fully saturated rings. The highest BCUT2D eigenvalue weighted by molar-refractivity contribution is 7.99. The molecular weight excluding hydrogens is 308 g/mol. The van der Waals surface area contributed by atoms with Gasteiger partial charge in [-0.2, -0.15) is 11.8 Å². The summed E-state index contributed by atoms with van der Waals surface area (Å²) in [5.74, 6) is 0.702. The van der Waals surface area contributed by atoms with Crippen molar-refractivity contribution in [2.75, 3.05) is 18.1 Å². The fraction of sp³-hybridized carbons (Fsp3) is 0.571. The molecule has 0 aromatic carbocycles. The molecule has 2 heterocycles. The van der Waals surface area contributed by atoms with Crippen molar-refractivity contribution in [2.45, 2.75) is 32.4 Å². The molecule has 1 atom stereocenters. The summed E-state index contributed by atoms with van der Waals surface area (Å²) in [6, 6.07) is 1.71. The lowest BCUT2D eigenvalue weighted by Gasteiger charge is -2.34. The SMILES string of the molecule is CCc1ccsc1CNC(=O)N1CCSCC1CC(=O)O. The summed E-state index contributed by atoms with van der Waals surface area (Å²) in [6.07, 6.45) is 0.969. The number of carboxylic acids is 1. The Balaban J connectivity index is 1.93. The van der Waals surface area contributed by atoms with E-state index in [1.165, 1.54) is 10.4 Å². The fourth-order valence-corrected chi connectivity index (χ4v) is 4.37. The second-order valence-electron chi connectivity index (χ2n) is 4.90. The molecule has 2 N–H and O–H groups in total. The maximum absolute atomic E-state index is 12.3. The second-order valence-corrected chi connectivity index (χ2v) is 7.05. The highest BCUT2D eigenvalue weighted by atomic mass is 32.2. The van der Waals surface area contributed by atoms with E-state index in [0.29, 0.717) is 18.8 Å². The van der Waals surface area contributed by atoms with Crippen LogP contribution >= 0.6 is 23.1 Å². The van der Waals surface area contributed by atoms with Gasteiger partial charge < -0.3 is 15.3 Å². The fourth-order valence-electron chi connectivity index (χ4n) is 2.39. The highest BCUT2D eigenvalue weighted by Gasteiger charge is 2.28. The summed E-state index contributed by atoms with van der Waals surface area (Å²) < 4.78 is 0. The van der Waals surface area contributed by atoms with Gasteiger partial charge in [-0.1, -0.05) is 6.92 Å². The van der Waals surface area contributed by atoms with Gasteiger partial charge >= 0.3 is 12.0 Å². The van der Waals surface area contributed by atoms with Crippen LogP contribution in [0, 0.1) is 0 Å². The summed E-state index contributed by atoms with van der Waals surface area (Å²) in [5, 5.41) is 13.9. The van der Waals surface area contributed by atoms with Gasteiger partial charge in [0, 0.05) is 22.9 Å². The lowest BCUT2D eigenvalue weighted by molar-refractivity contribution is -0.137. The first kappa shape index (κ1) is 16.2. The van der Waals surface area contributed by atoms with E-state index < -0.39 is 5.97 Å². The van der Waals surface area contributed by atoms with E-state index in [0.717, 1.165) is 12.2 Å². The predicted octanol–water partition coefficient (Wildman–Crippen LogP) is 2.41. The first-order valence-electron chi connectivity index (χ1n) is 7.01. The molecule has 2 rings (SSSR count). The summed E-state index contributed by atoms with van der Waals surface area (Å²) >= 11 is 3.35. The topological polar surface area (TPSA) is 69.6 Å². The zero-order chi connectivity index (χ0) is 15.2. The van der Waals surface area contributed by atoms with Crippen molar-refractivity contribution in [2.24, 2.45) is 0 Å². The number of aliphatic carboxylic acids is 1. The Morgan fingerprint density at radius 1 is 1.52 bits per heavy atom. The van der Waals surface area contributed by atoms with Gasteiger partial charge in [0.1, 0.15) is 0 Å². The minimum Gasteiger partial charge on any atom is -0.481 e. The van der Waals surface area contributed by atoms with Crippen LogP contribution < -0.4 is 5.32 Å². The van der Waals surface area contributed by atoms with Gasteiger partial charge in [-0.3, -0.25) is 4.79 Å². The van der Waals surface area contributed by atoms with Gasteiger partial charge in [0.15, 0.2) is 0 Å². The lowest BCUT2D eigenvalue weighted by Crippen LogP contribution is -2.51. The molecule has 116 valence electrons. The Kier molecular flexibility index (Phi) is 5.93. The molecule has 1 saturated heterocycles. The Labute approximate surface area is 132 Å². The third-order valence-corrected chi connectivity index (χ3v) is 5.57. The number of carbonyl (C=O) groups excluding carboxylic acids is 1. The number of thioether (sulfide) groups is 1. The number of nitrogens with one attached hydrogen (secondary N) is 1. The molecule has 5 nitrogen and oxygen atoms in total. The van der Waals surface area contributed by atoms with Crippen LogP contribution in [0.15, 0.2) is 11.4 Å². The molecular formula is C14H20N2O3S2. The molecule has 1 aromatic heterocycles. The number of hydrogen-bond donors (Lipinski definition) is 2. The van der Waals surface area contributed by atoms with E-state index in [1.54, 1.807) is 28.0 Å². The maximum atomic E-state index is 12.3. The number of hydrogen-bond acceptors (Lipinski definition) is 4. The molecule has 1 unspecified atom stereocenters. The van der Waals surface area contributed by atoms with Crippen LogP contribution in [-0.2, 0) is 17.8 Å². The molecule has 21 heavy (non-hydrogen) atoms. The molecule has 0 aliphatic carbocycles. The van der Waals surface area contributed by atoms with Crippen molar-refractivity contribution in [3.63, 3.8) is 0 Å². The van der Waals surface area contributed by atoms with E-state index in [4.69, 9.17) is 5.11 Å². The van der Waals surface area contributed by atoms with Gasteiger partial charge in [-0.25, -0.2) is 4.79 Å². The van der Waals surface area contributed by atoms with Crippen LogP contribution in [0.5, 0.6) is 0 Å². The van der Waals surface area contributed by atoms with Crippen LogP contribution in [0.1, 0.15) is 23.8 Å². The molecule has 0 spiro atoms. The predicted molar refractivity (Wildman–Crippen MR) is 86.0 cm³/mol. The number of urea groups is 1. The quantitative estimate of drug-likeness (QED) is 0.871. The third-order valence-electron chi connectivity index (χ3n) is 3.52.